The molecule has 0 aromatic heterocycles. The number of carbonyl (C=O) groups excluding carboxylic acids is 2. The lowest BCUT2D eigenvalue weighted by Gasteiger charge is -2.31. The first-order valence-electron chi connectivity index (χ1n) is 10.9. The number of likely N-dealkylation sites (tertiary alicyclic amines) is 1. The smallest absolute Gasteiger partial charge is 0.295 e. The van der Waals surface area contributed by atoms with Crippen molar-refractivity contribution in [3.8, 4) is 0 Å². The average molecular weight is 419 g/mol. The number of anilines is 1. The van der Waals surface area contributed by atoms with Gasteiger partial charge in [0.2, 0.25) is 0 Å². The van der Waals surface area contributed by atoms with Gasteiger partial charge >= 0.3 is 0 Å². The monoisotopic (exact) mass is 418 g/mol. The summed E-state index contributed by atoms with van der Waals surface area (Å²) < 4.78 is 0. The van der Waals surface area contributed by atoms with Crippen molar-refractivity contribution in [1.82, 2.24) is 4.90 Å². The Hall–Kier alpha value is -3.08. The van der Waals surface area contributed by atoms with Gasteiger partial charge in [-0.25, -0.2) is 0 Å². The number of hydrogen-bond acceptors (Lipinski definition) is 4. The minimum atomic E-state index is -0.593. The van der Waals surface area contributed by atoms with Crippen LogP contribution in [0.2, 0.25) is 0 Å². The molecule has 1 N–H and O–H groups in total. The summed E-state index contributed by atoms with van der Waals surface area (Å²) in [5, 5.41) is 11.2. The van der Waals surface area contributed by atoms with E-state index < -0.39 is 17.7 Å². The third-order valence-corrected chi connectivity index (χ3v) is 6.70. The van der Waals surface area contributed by atoms with Crippen molar-refractivity contribution < 1.29 is 14.7 Å². The Morgan fingerprint density at radius 3 is 2.19 bits per heavy atom. The highest BCUT2D eigenvalue weighted by Gasteiger charge is 2.49. The van der Waals surface area contributed by atoms with Crippen LogP contribution in [0.3, 0.4) is 0 Å². The number of aryl methyl sites for hydroxylation is 2. The first kappa shape index (κ1) is 21.2. The van der Waals surface area contributed by atoms with Gasteiger partial charge in [-0.3, -0.25) is 9.59 Å². The van der Waals surface area contributed by atoms with Gasteiger partial charge in [0.1, 0.15) is 5.76 Å². The average Bonchev–Trinajstić information content (AvgIpc) is 3.36. The molecule has 1 heterocycles. The standard InChI is InChI=1S/C26H30N2O3/c1-16-9-10-19(15-17(16)2)24(29)22-23(18-11-13-20(14-12-18)27(3)4)28(26(31)25(22)30)21-7-5-6-8-21/h9-15,21,23,29H,5-8H2,1-4H3/b24-22-. The number of rotatable bonds is 4. The van der Waals surface area contributed by atoms with Crippen LogP contribution in [0.25, 0.3) is 5.76 Å². The quantitative estimate of drug-likeness (QED) is 0.443. The van der Waals surface area contributed by atoms with E-state index in [-0.39, 0.29) is 17.4 Å². The molecule has 2 aromatic rings. The van der Waals surface area contributed by atoms with Crippen molar-refractivity contribution >= 4 is 23.1 Å². The van der Waals surface area contributed by atoms with Crippen molar-refractivity contribution in [2.24, 2.45) is 0 Å². The van der Waals surface area contributed by atoms with Crippen LogP contribution in [0.4, 0.5) is 5.69 Å². The summed E-state index contributed by atoms with van der Waals surface area (Å²) in [5.74, 6) is -1.19. The molecule has 2 aromatic carbocycles. The molecule has 1 saturated carbocycles. The molecule has 162 valence electrons. The van der Waals surface area contributed by atoms with Crippen molar-refractivity contribution in [2.45, 2.75) is 51.6 Å². The van der Waals surface area contributed by atoms with E-state index in [4.69, 9.17) is 0 Å². The molecule has 1 aliphatic carbocycles. The van der Waals surface area contributed by atoms with Crippen LogP contribution in [0.15, 0.2) is 48.0 Å². The Bertz CT molecular complexity index is 1050. The van der Waals surface area contributed by atoms with Gasteiger partial charge in [0.25, 0.3) is 11.7 Å². The van der Waals surface area contributed by atoms with E-state index in [1.807, 2.05) is 75.3 Å². The van der Waals surface area contributed by atoms with Crippen LogP contribution >= 0.6 is 0 Å². The van der Waals surface area contributed by atoms with Crippen molar-refractivity contribution in [3.63, 3.8) is 0 Å². The Morgan fingerprint density at radius 1 is 0.968 bits per heavy atom. The zero-order valence-corrected chi connectivity index (χ0v) is 18.7. The summed E-state index contributed by atoms with van der Waals surface area (Å²) in [6, 6.07) is 13.0. The van der Waals surface area contributed by atoms with Crippen LogP contribution < -0.4 is 4.90 Å². The third kappa shape index (κ3) is 3.73. The summed E-state index contributed by atoms with van der Waals surface area (Å²) in [7, 11) is 3.94. The van der Waals surface area contributed by atoms with Crippen LogP contribution in [0.5, 0.6) is 0 Å². The van der Waals surface area contributed by atoms with Crippen LogP contribution in [-0.2, 0) is 9.59 Å². The van der Waals surface area contributed by atoms with E-state index in [9.17, 15) is 14.7 Å². The second kappa shape index (κ2) is 8.22. The zero-order valence-electron chi connectivity index (χ0n) is 18.7. The summed E-state index contributed by atoms with van der Waals surface area (Å²) in [6.07, 6.45) is 3.89. The predicted molar refractivity (Wildman–Crippen MR) is 123 cm³/mol. The molecule has 0 spiro atoms. The molecule has 1 amide bonds. The highest BCUT2D eigenvalue weighted by atomic mass is 16.3. The molecule has 1 unspecified atom stereocenters. The fourth-order valence-corrected chi connectivity index (χ4v) is 4.74. The summed E-state index contributed by atoms with van der Waals surface area (Å²) >= 11 is 0. The Morgan fingerprint density at radius 2 is 1.61 bits per heavy atom. The fraction of sp³-hybridized carbons (Fsp3) is 0.385. The first-order valence-corrected chi connectivity index (χ1v) is 10.9. The van der Waals surface area contributed by atoms with Gasteiger partial charge in [-0.1, -0.05) is 37.1 Å². The van der Waals surface area contributed by atoms with Crippen molar-refractivity contribution in [3.05, 3.63) is 70.3 Å². The normalized spacial score (nSPS) is 21.2. The van der Waals surface area contributed by atoms with Crippen LogP contribution in [0.1, 0.15) is 54.0 Å². The molecular formula is C26H30N2O3. The van der Waals surface area contributed by atoms with Crippen LogP contribution in [0, 0.1) is 13.8 Å². The second-order valence-electron chi connectivity index (χ2n) is 8.93. The van der Waals surface area contributed by atoms with E-state index in [0.29, 0.717) is 5.56 Å². The summed E-state index contributed by atoms with van der Waals surface area (Å²) in [4.78, 5) is 30.1. The number of hydrogen-bond donors (Lipinski definition) is 1. The van der Waals surface area contributed by atoms with Gasteiger partial charge in [0, 0.05) is 31.4 Å². The van der Waals surface area contributed by atoms with Crippen molar-refractivity contribution in [1.29, 1.82) is 0 Å². The maximum Gasteiger partial charge on any atom is 0.295 e. The Labute approximate surface area is 184 Å². The van der Waals surface area contributed by atoms with E-state index >= 15 is 0 Å². The minimum absolute atomic E-state index is 0.0278. The molecule has 0 radical (unpaired) electrons. The largest absolute Gasteiger partial charge is 0.507 e. The predicted octanol–water partition coefficient (Wildman–Crippen LogP) is 4.73. The van der Waals surface area contributed by atoms with E-state index in [2.05, 4.69) is 0 Å². The summed E-state index contributed by atoms with van der Waals surface area (Å²) in [5.41, 5.74) is 4.79. The SMILES string of the molecule is Cc1ccc(/C(O)=C2/C(=O)C(=O)N(C3CCCC3)C2c2ccc(N(C)C)cc2)cc1C. The lowest BCUT2D eigenvalue weighted by atomic mass is 9.93. The molecule has 2 fully saturated rings. The molecule has 0 bridgehead atoms. The van der Waals surface area contributed by atoms with Crippen molar-refractivity contribution in [2.75, 3.05) is 19.0 Å². The van der Waals surface area contributed by atoms with Gasteiger partial charge in [0.15, 0.2) is 0 Å². The lowest BCUT2D eigenvalue weighted by molar-refractivity contribution is -0.141. The minimum Gasteiger partial charge on any atom is -0.507 e. The number of aliphatic hydroxyl groups excluding tert-OH is 1. The number of aliphatic hydroxyl groups is 1. The van der Waals surface area contributed by atoms with Gasteiger partial charge in [0.05, 0.1) is 11.6 Å². The molecule has 31 heavy (non-hydrogen) atoms. The number of amides is 1. The van der Waals surface area contributed by atoms with E-state index in [0.717, 1.165) is 48.1 Å². The number of Topliss-reactive ketones (excluding diaryl/α,β-unsaturated/α-hetero) is 1. The zero-order chi connectivity index (χ0) is 22.3. The van der Waals surface area contributed by atoms with Gasteiger partial charge in [-0.2, -0.15) is 0 Å². The third-order valence-electron chi connectivity index (χ3n) is 6.70. The highest BCUT2D eigenvalue weighted by molar-refractivity contribution is 6.46. The molecule has 1 aliphatic heterocycles. The first-order chi connectivity index (χ1) is 14.8. The molecular weight excluding hydrogens is 388 g/mol. The Balaban J connectivity index is 1.87. The number of benzene rings is 2. The maximum absolute atomic E-state index is 13.2. The number of carbonyl (C=O) groups is 2. The molecule has 4 rings (SSSR count). The molecule has 1 saturated heterocycles. The van der Waals surface area contributed by atoms with Crippen LogP contribution in [-0.4, -0.2) is 41.8 Å². The Kier molecular flexibility index (Phi) is 5.61. The fourth-order valence-electron chi connectivity index (χ4n) is 4.74. The maximum atomic E-state index is 13.2. The second-order valence-corrected chi connectivity index (χ2v) is 8.93. The lowest BCUT2D eigenvalue weighted by Crippen LogP contribution is -2.37. The topological polar surface area (TPSA) is 60.9 Å². The molecule has 5 heteroatoms. The molecule has 2 aliphatic rings. The molecule has 1 atom stereocenters. The summed E-state index contributed by atoms with van der Waals surface area (Å²) in [6.45, 7) is 3.98. The van der Waals surface area contributed by atoms with Gasteiger partial charge < -0.3 is 14.9 Å². The van der Waals surface area contributed by atoms with E-state index in [1.165, 1.54) is 0 Å². The van der Waals surface area contributed by atoms with Gasteiger partial charge in [-0.05, 0) is 61.6 Å². The highest BCUT2D eigenvalue weighted by Crippen LogP contribution is 2.43. The van der Waals surface area contributed by atoms with Gasteiger partial charge in [-0.15, -0.1) is 0 Å². The van der Waals surface area contributed by atoms with E-state index in [1.54, 1.807) is 4.90 Å². The number of ketones is 1. The number of nitrogens with zero attached hydrogens (tertiary/aromatic N) is 2. The molecule has 5 nitrogen and oxygen atoms in total.